The Morgan fingerprint density at radius 1 is 1.46 bits per heavy atom. The number of pyridine rings is 1. The SMILES string of the molecule is CCc1cc(OC2CC2)cc(C)n1. The zero-order valence-corrected chi connectivity index (χ0v) is 8.21. The van der Waals surface area contributed by atoms with Crippen LogP contribution in [0.5, 0.6) is 5.75 Å². The molecule has 0 radical (unpaired) electrons. The van der Waals surface area contributed by atoms with Crippen molar-refractivity contribution >= 4 is 0 Å². The summed E-state index contributed by atoms with van der Waals surface area (Å²) in [5, 5.41) is 0. The molecule has 1 aromatic rings. The molecule has 1 aromatic heterocycles. The molecule has 2 heteroatoms. The van der Waals surface area contributed by atoms with Gasteiger partial charge in [-0.15, -0.1) is 0 Å². The summed E-state index contributed by atoms with van der Waals surface area (Å²) in [5.41, 5.74) is 2.17. The number of hydrogen-bond donors (Lipinski definition) is 0. The Kier molecular flexibility index (Phi) is 2.21. The van der Waals surface area contributed by atoms with Crippen LogP contribution >= 0.6 is 0 Å². The molecule has 0 atom stereocenters. The first-order valence-corrected chi connectivity index (χ1v) is 4.92. The molecule has 0 aromatic carbocycles. The molecule has 0 amide bonds. The largest absolute Gasteiger partial charge is 0.490 e. The Hall–Kier alpha value is -1.05. The van der Waals surface area contributed by atoms with Gasteiger partial charge in [-0.25, -0.2) is 0 Å². The van der Waals surface area contributed by atoms with Gasteiger partial charge >= 0.3 is 0 Å². The highest BCUT2D eigenvalue weighted by Crippen LogP contribution is 2.27. The van der Waals surface area contributed by atoms with Crippen LogP contribution in [0, 0.1) is 6.92 Å². The number of nitrogens with zero attached hydrogens (tertiary/aromatic N) is 1. The molecule has 2 rings (SSSR count). The van der Waals surface area contributed by atoms with Crippen molar-refractivity contribution in [3.8, 4) is 5.75 Å². The number of hydrogen-bond acceptors (Lipinski definition) is 2. The molecule has 70 valence electrons. The molecule has 1 heterocycles. The van der Waals surface area contributed by atoms with Gasteiger partial charge in [0.1, 0.15) is 5.75 Å². The fourth-order valence-corrected chi connectivity index (χ4v) is 1.33. The normalized spacial score (nSPS) is 15.8. The van der Waals surface area contributed by atoms with Crippen molar-refractivity contribution in [2.75, 3.05) is 0 Å². The molecule has 1 aliphatic rings. The predicted octanol–water partition coefficient (Wildman–Crippen LogP) is 2.49. The van der Waals surface area contributed by atoms with Crippen molar-refractivity contribution in [2.24, 2.45) is 0 Å². The minimum atomic E-state index is 0.478. The van der Waals surface area contributed by atoms with E-state index in [0.717, 1.165) is 23.6 Å². The minimum Gasteiger partial charge on any atom is -0.490 e. The second kappa shape index (κ2) is 3.36. The average molecular weight is 177 g/mol. The van der Waals surface area contributed by atoms with E-state index in [1.165, 1.54) is 12.8 Å². The third-order valence-electron chi connectivity index (χ3n) is 2.17. The molecular weight excluding hydrogens is 162 g/mol. The van der Waals surface area contributed by atoms with E-state index < -0.39 is 0 Å². The molecule has 13 heavy (non-hydrogen) atoms. The lowest BCUT2D eigenvalue weighted by molar-refractivity contribution is 0.302. The maximum atomic E-state index is 5.71. The number of aromatic nitrogens is 1. The summed E-state index contributed by atoms with van der Waals surface area (Å²) in [4.78, 5) is 4.40. The zero-order chi connectivity index (χ0) is 9.26. The zero-order valence-electron chi connectivity index (χ0n) is 8.21. The smallest absolute Gasteiger partial charge is 0.123 e. The van der Waals surface area contributed by atoms with E-state index in [1.807, 2.05) is 19.1 Å². The summed E-state index contributed by atoms with van der Waals surface area (Å²) < 4.78 is 5.71. The molecule has 0 aliphatic heterocycles. The summed E-state index contributed by atoms with van der Waals surface area (Å²) in [7, 11) is 0. The van der Waals surface area contributed by atoms with Gasteiger partial charge in [0.05, 0.1) is 6.10 Å². The second-order valence-corrected chi connectivity index (χ2v) is 3.61. The van der Waals surface area contributed by atoms with Crippen LogP contribution in [0.15, 0.2) is 12.1 Å². The van der Waals surface area contributed by atoms with Crippen molar-refractivity contribution in [2.45, 2.75) is 39.2 Å². The lowest BCUT2D eigenvalue weighted by Gasteiger charge is -2.06. The van der Waals surface area contributed by atoms with E-state index in [4.69, 9.17) is 4.74 Å². The van der Waals surface area contributed by atoms with Crippen LogP contribution < -0.4 is 4.74 Å². The molecule has 0 spiro atoms. The molecule has 0 unspecified atom stereocenters. The van der Waals surface area contributed by atoms with Gasteiger partial charge in [-0.2, -0.15) is 0 Å². The molecule has 0 bridgehead atoms. The highest BCUT2D eigenvalue weighted by Gasteiger charge is 2.23. The van der Waals surface area contributed by atoms with E-state index in [1.54, 1.807) is 0 Å². The third kappa shape index (κ3) is 2.20. The quantitative estimate of drug-likeness (QED) is 0.707. The van der Waals surface area contributed by atoms with Crippen molar-refractivity contribution in [3.05, 3.63) is 23.5 Å². The maximum Gasteiger partial charge on any atom is 0.123 e. The van der Waals surface area contributed by atoms with Gasteiger partial charge < -0.3 is 4.74 Å². The third-order valence-corrected chi connectivity index (χ3v) is 2.17. The van der Waals surface area contributed by atoms with Crippen LogP contribution in [0.3, 0.4) is 0 Å². The van der Waals surface area contributed by atoms with E-state index in [0.29, 0.717) is 6.10 Å². The van der Waals surface area contributed by atoms with Gasteiger partial charge in [-0.3, -0.25) is 4.98 Å². The Morgan fingerprint density at radius 3 is 2.85 bits per heavy atom. The highest BCUT2D eigenvalue weighted by molar-refractivity contribution is 5.27. The summed E-state index contributed by atoms with van der Waals surface area (Å²) in [6.45, 7) is 4.13. The van der Waals surface area contributed by atoms with Crippen LogP contribution in [0.4, 0.5) is 0 Å². The summed E-state index contributed by atoms with van der Waals surface area (Å²) >= 11 is 0. The van der Waals surface area contributed by atoms with Crippen LogP contribution in [-0.2, 0) is 6.42 Å². The Balaban J connectivity index is 2.17. The van der Waals surface area contributed by atoms with Gasteiger partial charge in [0.25, 0.3) is 0 Å². The molecule has 1 fully saturated rings. The first kappa shape index (κ1) is 8.54. The van der Waals surface area contributed by atoms with E-state index in [2.05, 4.69) is 11.9 Å². The predicted molar refractivity (Wildman–Crippen MR) is 52.0 cm³/mol. The number of aryl methyl sites for hydroxylation is 2. The first-order chi connectivity index (χ1) is 6.28. The maximum absolute atomic E-state index is 5.71. The van der Waals surface area contributed by atoms with Crippen LogP contribution in [-0.4, -0.2) is 11.1 Å². The van der Waals surface area contributed by atoms with Crippen LogP contribution in [0.1, 0.15) is 31.2 Å². The van der Waals surface area contributed by atoms with Crippen molar-refractivity contribution in [1.82, 2.24) is 4.98 Å². The van der Waals surface area contributed by atoms with Crippen molar-refractivity contribution in [1.29, 1.82) is 0 Å². The van der Waals surface area contributed by atoms with Gasteiger partial charge in [-0.05, 0) is 26.2 Å². The Labute approximate surface area is 78.9 Å². The van der Waals surface area contributed by atoms with Gasteiger partial charge in [0, 0.05) is 23.5 Å². The van der Waals surface area contributed by atoms with Crippen LogP contribution in [0.25, 0.3) is 0 Å². The number of ether oxygens (including phenoxy) is 1. The van der Waals surface area contributed by atoms with Crippen LogP contribution in [0.2, 0.25) is 0 Å². The fourth-order valence-electron chi connectivity index (χ4n) is 1.33. The van der Waals surface area contributed by atoms with Gasteiger partial charge in [0.15, 0.2) is 0 Å². The second-order valence-electron chi connectivity index (χ2n) is 3.61. The molecule has 0 N–H and O–H groups in total. The monoisotopic (exact) mass is 177 g/mol. The van der Waals surface area contributed by atoms with E-state index in [-0.39, 0.29) is 0 Å². The van der Waals surface area contributed by atoms with Gasteiger partial charge in [-0.1, -0.05) is 6.92 Å². The van der Waals surface area contributed by atoms with E-state index >= 15 is 0 Å². The minimum absolute atomic E-state index is 0.478. The van der Waals surface area contributed by atoms with Crippen molar-refractivity contribution in [3.63, 3.8) is 0 Å². The molecule has 1 aliphatic carbocycles. The van der Waals surface area contributed by atoms with E-state index in [9.17, 15) is 0 Å². The fraction of sp³-hybridized carbons (Fsp3) is 0.545. The Bertz CT molecular complexity index is 305. The summed E-state index contributed by atoms with van der Waals surface area (Å²) in [6, 6.07) is 4.06. The first-order valence-electron chi connectivity index (χ1n) is 4.92. The van der Waals surface area contributed by atoms with Gasteiger partial charge in [0.2, 0.25) is 0 Å². The molecule has 0 saturated heterocycles. The average Bonchev–Trinajstić information content (AvgIpc) is 2.87. The molecule has 2 nitrogen and oxygen atoms in total. The molecule has 1 saturated carbocycles. The lowest BCUT2D eigenvalue weighted by atomic mass is 10.2. The summed E-state index contributed by atoms with van der Waals surface area (Å²) in [6.07, 6.45) is 3.88. The highest BCUT2D eigenvalue weighted by atomic mass is 16.5. The lowest BCUT2D eigenvalue weighted by Crippen LogP contribution is -1.99. The Morgan fingerprint density at radius 2 is 2.23 bits per heavy atom. The standard InChI is InChI=1S/C11H15NO/c1-3-9-7-11(6-8(2)12-9)13-10-4-5-10/h6-7,10H,3-5H2,1-2H3. The molecular formula is C11H15NO. The summed E-state index contributed by atoms with van der Waals surface area (Å²) in [5.74, 6) is 0.992. The topological polar surface area (TPSA) is 22.1 Å². The van der Waals surface area contributed by atoms with Crippen molar-refractivity contribution < 1.29 is 4.74 Å². The number of rotatable bonds is 3.